The topological polar surface area (TPSA) is 113 Å². The van der Waals surface area contributed by atoms with Crippen molar-refractivity contribution < 1.29 is 23.1 Å². The monoisotopic (exact) mass is 298 g/mol. The van der Waals surface area contributed by atoms with Gasteiger partial charge in [0.05, 0.1) is 10.5 Å². The molecule has 1 aromatic carbocycles. The van der Waals surface area contributed by atoms with Crippen LogP contribution in [-0.4, -0.2) is 38.0 Å². The van der Waals surface area contributed by atoms with E-state index in [0.717, 1.165) is 0 Å². The van der Waals surface area contributed by atoms with Gasteiger partial charge in [0.15, 0.2) is 0 Å². The molecule has 2 rings (SSSR count). The molecular formula is C12H14N2O5S. The highest BCUT2D eigenvalue weighted by molar-refractivity contribution is 7.89. The van der Waals surface area contributed by atoms with Crippen LogP contribution in [-0.2, 0) is 14.8 Å². The first-order valence-electron chi connectivity index (χ1n) is 5.93. The first-order valence-corrected chi connectivity index (χ1v) is 7.41. The quantitative estimate of drug-likeness (QED) is 0.716. The third-order valence-electron chi connectivity index (χ3n) is 3.10. The van der Waals surface area contributed by atoms with Gasteiger partial charge in [-0.15, -0.1) is 0 Å². The number of aromatic carboxylic acids is 1. The number of hydrogen-bond donors (Lipinski definition) is 3. The standard InChI is InChI=1S/C12H14N2O5S/c1-7-9(12(16)17)3-2-4-10(7)20(18,19)14-8-5-11(15)13-6-8/h2-4,8,14H,5-6H2,1H3,(H,13,15)(H,16,17). The van der Waals surface area contributed by atoms with Crippen molar-refractivity contribution in [2.75, 3.05) is 6.54 Å². The Morgan fingerprint density at radius 1 is 1.45 bits per heavy atom. The van der Waals surface area contributed by atoms with E-state index in [-0.39, 0.29) is 34.9 Å². The summed E-state index contributed by atoms with van der Waals surface area (Å²) in [6, 6.07) is 3.55. The molecular weight excluding hydrogens is 284 g/mol. The Balaban J connectivity index is 2.32. The molecule has 8 heteroatoms. The highest BCUT2D eigenvalue weighted by atomic mass is 32.2. The zero-order chi connectivity index (χ0) is 14.9. The Bertz CT molecular complexity index is 668. The minimum Gasteiger partial charge on any atom is -0.478 e. The van der Waals surface area contributed by atoms with E-state index >= 15 is 0 Å². The summed E-state index contributed by atoms with van der Waals surface area (Å²) in [4.78, 5) is 22.0. The second kappa shape index (κ2) is 5.22. The Hall–Kier alpha value is -1.93. The number of carbonyl (C=O) groups excluding carboxylic acids is 1. The Morgan fingerprint density at radius 3 is 2.70 bits per heavy atom. The lowest BCUT2D eigenvalue weighted by Gasteiger charge is -2.14. The van der Waals surface area contributed by atoms with Crippen LogP contribution >= 0.6 is 0 Å². The highest BCUT2D eigenvalue weighted by Crippen LogP contribution is 2.19. The largest absolute Gasteiger partial charge is 0.478 e. The fourth-order valence-electron chi connectivity index (χ4n) is 2.11. The first kappa shape index (κ1) is 14.5. The molecule has 1 unspecified atom stereocenters. The molecule has 20 heavy (non-hydrogen) atoms. The molecule has 0 aliphatic carbocycles. The van der Waals surface area contributed by atoms with Crippen LogP contribution in [0.4, 0.5) is 0 Å². The number of nitrogens with one attached hydrogen (secondary N) is 2. The van der Waals surface area contributed by atoms with Crippen LogP contribution in [0, 0.1) is 6.92 Å². The third-order valence-corrected chi connectivity index (χ3v) is 4.77. The maximum absolute atomic E-state index is 12.2. The van der Waals surface area contributed by atoms with Crippen LogP contribution in [0.3, 0.4) is 0 Å². The fourth-order valence-corrected chi connectivity index (χ4v) is 3.61. The van der Waals surface area contributed by atoms with Crippen molar-refractivity contribution in [2.45, 2.75) is 24.3 Å². The van der Waals surface area contributed by atoms with Gasteiger partial charge in [-0.25, -0.2) is 17.9 Å². The van der Waals surface area contributed by atoms with Gasteiger partial charge in [-0.2, -0.15) is 0 Å². The lowest BCUT2D eigenvalue weighted by Crippen LogP contribution is -2.36. The molecule has 1 aliphatic heterocycles. The van der Waals surface area contributed by atoms with Gasteiger partial charge < -0.3 is 10.4 Å². The van der Waals surface area contributed by atoms with Crippen LogP contribution in [0.1, 0.15) is 22.3 Å². The third kappa shape index (κ3) is 2.81. The maximum atomic E-state index is 12.2. The van der Waals surface area contributed by atoms with E-state index in [1.807, 2.05) is 0 Å². The average molecular weight is 298 g/mol. The summed E-state index contributed by atoms with van der Waals surface area (Å²) in [5.41, 5.74) is 0.110. The van der Waals surface area contributed by atoms with Gasteiger partial charge in [0, 0.05) is 19.0 Å². The minimum atomic E-state index is -3.86. The van der Waals surface area contributed by atoms with Crippen molar-refractivity contribution >= 4 is 21.9 Å². The molecule has 108 valence electrons. The van der Waals surface area contributed by atoms with Crippen molar-refractivity contribution in [3.63, 3.8) is 0 Å². The van der Waals surface area contributed by atoms with E-state index in [4.69, 9.17) is 5.11 Å². The molecule has 0 bridgehead atoms. The van der Waals surface area contributed by atoms with Crippen molar-refractivity contribution in [3.8, 4) is 0 Å². The zero-order valence-corrected chi connectivity index (χ0v) is 11.5. The summed E-state index contributed by atoms with van der Waals surface area (Å²) < 4.78 is 26.9. The molecule has 0 radical (unpaired) electrons. The van der Waals surface area contributed by atoms with E-state index in [1.54, 1.807) is 0 Å². The van der Waals surface area contributed by atoms with Crippen LogP contribution in [0.5, 0.6) is 0 Å². The normalized spacial score (nSPS) is 18.9. The van der Waals surface area contributed by atoms with Crippen molar-refractivity contribution in [1.82, 2.24) is 10.0 Å². The molecule has 1 amide bonds. The van der Waals surface area contributed by atoms with Gasteiger partial charge in [0.25, 0.3) is 0 Å². The van der Waals surface area contributed by atoms with Crippen molar-refractivity contribution in [1.29, 1.82) is 0 Å². The molecule has 7 nitrogen and oxygen atoms in total. The van der Waals surface area contributed by atoms with Gasteiger partial charge in [0.2, 0.25) is 15.9 Å². The number of carboxylic acid groups (broad SMARTS) is 1. The summed E-state index contributed by atoms with van der Waals surface area (Å²) in [7, 11) is -3.86. The van der Waals surface area contributed by atoms with Crippen LogP contribution in [0.2, 0.25) is 0 Å². The molecule has 1 heterocycles. The summed E-state index contributed by atoms with van der Waals surface area (Å²) in [5, 5.41) is 11.5. The average Bonchev–Trinajstić information content (AvgIpc) is 2.73. The molecule has 1 aliphatic rings. The molecule has 1 fully saturated rings. The number of carboxylic acids is 1. The molecule has 1 aromatic rings. The summed E-state index contributed by atoms with van der Waals surface area (Å²) in [6.07, 6.45) is 0.0803. The predicted molar refractivity (Wildman–Crippen MR) is 69.9 cm³/mol. The fraction of sp³-hybridized carbons (Fsp3) is 0.333. The molecule has 1 saturated heterocycles. The lowest BCUT2D eigenvalue weighted by molar-refractivity contribution is -0.119. The maximum Gasteiger partial charge on any atom is 0.335 e. The number of hydrogen-bond acceptors (Lipinski definition) is 4. The Kier molecular flexibility index (Phi) is 3.78. The van der Waals surface area contributed by atoms with E-state index in [9.17, 15) is 18.0 Å². The summed E-state index contributed by atoms with van der Waals surface area (Å²) in [6.45, 7) is 1.67. The molecule has 1 atom stereocenters. The molecule has 0 aromatic heterocycles. The first-order chi connectivity index (χ1) is 9.31. The molecule has 0 spiro atoms. The number of benzene rings is 1. The van der Waals surface area contributed by atoms with E-state index in [2.05, 4.69) is 10.0 Å². The van der Waals surface area contributed by atoms with Gasteiger partial charge >= 0.3 is 5.97 Å². The van der Waals surface area contributed by atoms with Crippen molar-refractivity contribution in [3.05, 3.63) is 29.3 Å². The van der Waals surface area contributed by atoms with E-state index in [1.165, 1.54) is 25.1 Å². The van der Waals surface area contributed by atoms with Gasteiger partial charge in [-0.1, -0.05) is 6.07 Å². The number of sulfonamides is 1. The summed E-state index contributed by atoms with van der Waals surface area (Å²) in [5.74, 6) is -1.40. The lowest BCUT2D eigenvalue weighted by atomic mass is 10.1. The predicted octanol–water partition coefficient (Wildman–Crippen LogP) is -0.140. The number of amides is 1. The number of rotatable bonds is 4. The second-order valence-corrected chi connectivity index (χ2v) is 6.24. The molecule has 0 saturated carbocycles. The Morgan fingerprint density at radius 2 is 2.15 bits per heavy atom. The zero-order valence-electron chi connectivity index (χ0n) is 10.7. The minimum absolute atomic E-state index is 0.0616. The number of carbonyl (C=O) groups is 2. The van der Waals surface area contributed by atoms with Crippen LogP contribution in [0.15, 0.2) is 23.1 Å². The van der Waals surface area contributed by atoms with Crippen LogP contribution < -0.4 is 10.0 Å². The van der Waals surface area contributed by atoms with Gasteiger partial charge in [0.1, 0.15) is 0 Å². The SMILES string of the molecule is Cc1c(C(=O)O)cccc1S(=O)(=O)NC1CNC(=O)C1. The van der Waals surface area contributed by atoms with Gasteiger partial charge in [-0.3, -0.25) is 4.79 Å². The van der Waals surface area contributed by atoms with E-state index in [0.29, 0.717) is 0 Å². The summed E-state index contributed by atoms with van der Waals surface area (Å²) >= 11 is 0. The van der Waals surface area contributed by atoms with E-state index < -0.39 is 22.0 Å². The highest BCUT2D eigenvalue weighted by Gasteiger charge is 2.28. The molecule has 3 N–H and O–H groups in total. The van der Waals surface area contributed by atoms with Crippen molar-refractivity contribution in [2.24, 2.45) is 0 Å². The van der Waals surface area contributed by atoms with Gasteiger partial charge in [-0.05, 0) is 24.6 Å². The second-order valence-electron chi connectivity index (χ2n) is 4.56. The van der Waals surface area contributed by atoms with Crippen LogP contribution in [0.25, 0.3) is 0 Å². The smallest absolute Gasteiger partial charge is 0.335 e. The Labute approximate surface area is 116 Å².